The first-order valence-corrected chi connectivity index (χ1v) is 7.65. The lowest BCUT2D eigenvalue weighted by Crippen LogP contribution is -2.15. The van der Waals surface area contributed by atoms with Gasteiger partial charge in [-0.3, -0.25) is 0 Å². The van der Waals surface area contributed by atoms with Crippen molar-refractivity contribution in [2.75, 3.05) is 12.8 Å². The van der Waals surface area contributed by atoms with Gasteiger partial charge in [0.05, 0.1) is 0 Å². The molecule has 0 aliphatic rings. The number of rotatable bonds is 8. The van der Waals surface area contributed by atoms with Crippen molar-refractivity contribution >= 4 is 8.58 Å². The maximum Gasteiger partial charge on any atom is -0.0325 e. The minimum absolute atomic E-state index is 1.01. The van der Waals surface area contributed by atoms with Crippen molar-refractivity contribution in [2.45, 2.75) is 52.9 Å². The minimum Gasteiger partial charge on any atom is -0.125 e. The fourth-order valence-electron chi connectivity index (χ4n) is 2.15. The lowest BCUT2D eigenvalue weighted by Gasteiger charge is -2.24. The molecule has 80 valence electrons. The molecule has 2 unspecified atom stereocenters. The molecule has 0 rings (SSSR count). The smallest absolute Gasteiger partial charge is 0.0325 e. The quantitative estimate of drug-likeness (QED) is 0.507. The van der Waals surface area contributed by atoms with Gasteiger partial charge in [-0.2, -0.15) is 0 Å². The van der Waals surface area contributed by atoms with Gasteiger partial charge in [0.15, 0.2) is 0 Å². The van der Waals surface area contributed by atoms with Crippen molar-refractivity contribution in [3.8, 4) is 0 Å². The van der Waals surface area contributed by atoms with Gasteiger partial charge in [0.1, 0.15) is 0 Å². The fourth-order valence-corrected chi connectivity index (χ4v) is 3.29. The lowest BCUT2D eigenvalue weighted by atomic mass is 9.85. The lowest BCUT2D eigenvalue weighted by molar-refractivity contribution is 0.314. The molecule has 0 heterocycles. The molecule has 0 aromatic heterocycles. The average Bonchev–Trinajstić information content (AvgIpc) is 2.17. The first-order chi connectivity index (χ1) is 6.29. The van der Waals surface area contributed by atoms with Crippen LogP contribution in [-0.4, -0.2) is 12.8 Å². The zero-order valence-electron chi connectivity index (χ0n) is 9.90. The summed E-state index contributed by atoms with van der Waals surface area (Å²) in [5.41, 5.74) is 0. The summed E-state index contributed by atoms with van der Waals surface area (Å²) in [4.78, 5) is 0. The van der Waals surface area contributed by atoms with E-state index in [1.807, 2.05) is 0 Å². The molecule has 0 aromatic carbocycles. The molecular weight excluding hydrogens is 175 g/mol. The van der Waals surface area contributed by atoms with Gasteiger partial charge in [0, 0.05) is 0 Å². The Morgan fingerprint density at radius 1 is 1.00 bits per heavy atom. The minimum atomic E-state index is 1.01. The highest BCUT2D eigenvalue weighted by Gasteiger charge is 2.16. The Kier molecular flexibility index (Phi) is 9.30. The molecule has 0 N–H and O–H groups in total. The first-order valence-electron chi connectivity index (χ1n) is 5.94. The van der Waals surface area contributed by atoms with Crippen molar-refractivity contribution in [1.29, 1.82) is 0 Å². The molecule has 0 saturated carbocycles. The van der Waals surface area contributed by atoms with Crippen LogP contribution in [0.4, 0.5) is 0 Å². The van der Waals surface area contributed by atoms with Gasteiger partial charge in [-0.05, 0) is 24.7 Å². The highest BCUT2D eigenvalue weighted by molar-refractivity contribution is 7.36. The summed E-state index contributed by atoms with van der Waals surface area (Å²) in [6, 6.07) is 0. The third-order valence-electron chi connectivity index (χ3n) is 3.11. The van der Waals surface area contributed by atoms with Gasteiger partial charge >= 0.3 is 0 Å². The van der Waals surface area contributed by atoms with Crippen LogP contribution in [0.15, 0.2) is 0 Å². The van der Waals surface area contributed by atoms with Gasteiger partial charge in [-0.25, -0.2) is 0 Å². The molecule has 13 heavy (non-hydrogen) atoms. The highest BCUT2D eigenvalue weighted by Crippen LogP contribution is 2.28. The molecule has 0 aliphatic carbocycles. The van der Waals surface area contributed by atoms with E-state index in [2.05, 4.69) is 27.4 Å². The van der Waals surface area contributed by atoms with Gasteiger partial charge in [-0.1, -0.05) is 52.9 Å². The Balaban J connectivity index is 3.84. The van der Waals surface area contributed by atoms with Crippen LogP contribution in [0.3, 0.4) is 0 Å². The van der Waals surface area contributed by atoms with Gasteiger partial charge in [0.2, 0.25) is 0 Å². The molecule has 0 aliphatic heterocycles. The van der Waals surface area contributed by atoms with E-state index in [4.69, 9.17) is 0 Å². The van der Waals surface area contributed by atoms with Crippen LogP contribution in [0.1, 0.15) is 52.9 Å². The molecule has 1 heteroatoms. The molecular formula is C12H27P. The summed E-state index contributed by atoms with van der Waals surface area (Å²) < 4.78 is 0. The van der Waals surface area contributed by atoms with E-state index in [0.717, 1.165) is 20.4 Å². The van der Waals surface area contributed by atoms with E-state index in [1.54, 1.807) is 0 Å². The predicted octanol–water partition coefficient (Wildman–Crippen LogP) is 4.54. The summed E-state index contributed by atoms with van der Waals surface area (Å²) in [6.07, 6.45) is 8.52. The average molecular weight is 202 g/mol. The predicted molar refractivity (Wildman–Crippen MR) is 66.2 cm³/mol. The van der Waals surface area contributed by atoms with Crippen LogP contribution < -0.4 is 0 Å². The molecule has 0 spiro atoms. The topological polar surface area (TPSA) is 0 Å². The van der Waals surface area contributed by atoms with E-state index < -0.39 is 0 Å². The van der Waals surface area contributed by atoms with Crippen molar-refractivity contribution in [2.24, 2.45) is 11.8 Å². The summed E-state index contributed by atoms with van der Waals surface area (Å²) in [5.74, 6) is 2.03. The van der Waals surface area contributed by atoms with Crippen LogP contribution in [0, 0.1) is 11.8 Å². The molecule has 0 aromatic rings. The number of hydrogen-bond donors (Lipinski definition) is 0. The third-order valence-corrected chi connectivity index (χ3v) is 4.04. The summed E-state index contributed by atoms with van der Waals surface area (Å²) in [5, 5.41) is 0. The van der Waals surface area contributed by atoms with Crippen molar-refractivity contribution in [1.82, 2.24) is 0 Å². The van der Waals surface area contributed by atoms with Crippen LogP contribution in [0.5, 0.6) is 0 Å². The van der Waals surface area contributed by atoms with E-state index in [-0.39, 0.29) is 0 Å². The van der Waals surface area contributed by atoms with Crippen molar-refractivity contribution in [3.63, 3.8) is 0 Å². The van der Waals surface area contributed by atoms with Crippen molar-refractivity contribution in [3.05, 3.63) is 0 Å². The van der Waals surface area contributed by atoms with Crippen LogP contribution in [0.25, 0.3) is 0 Å². The molecule has 0 fully saturated rings. The first kappa shape index (κ1) is 13.4. The SMILES string of the molecule is CCCCC(CC)[C@@H](CC)CPC. The second kappa shape index (κ2) is 9.00. The number of hydrogen-bond acceptors (Lipinski definition) is 0. The van der Waals surface area contributed by atoms with E-state index in [0.29, 0.717) is 0 Å². The van der Waals surface area contributed by atoms with E-state index in [9.17, 15) is 0 Å². The van der Waals surface area contributed by atoms with E-state index >= 15 is 0 Å². The monoisotopic (exact) mass is 202 g/mol. The zero-order chi connectivity index (χ0) is 10.1. The Bertz CT molecular complexity index is 101. The maximum absolute atomic E-state index is 2.36. The Morgan fingerprint density at radius 3 is 2.00 bits per heavy atom. The van der Waals surface area contributed by atoms with Crippen molar-refractivity contribution < 1.29 is 0 Å². The standard InChI is InChI=1S/C12H27P/c1-5-8-9-11(6-2)12(7-3)10-13-4/h11-13H,5-10H2,1-4H3/t11?,12-/m0/s1. The molecule has 3 atom stereocenters. The van der Waals surface area contributed by atoms with Gasteiger partial charge in [0.25, 0.3) is 0 Å². The van der Waals surface area contributed by atoms with E-state index in [1.165, 1.54) is 38.3 Å². The Morgan fingerprint density at radius 2 is 1.62 bits per heavy atom. The zero-order valence-corrected chi connectivity index (χ0v) is 10.9. The molecule has 0 radical (unpaired) electrons. The second-order valence-electron chi connectivity index (χ2n) is 4.04. The second-order valence-corrected chi connectivity index (χ2v) is 5.15. The fraction of sp³-hybridized carbons (Fsp3) is 1.00. The van der Waals surface area contributed by atoms with Gasteiger partial charge in [-0.15, -0.1) is 8.58 Å². The largest absolute Gasteiger partial charge is 0.125 e. The molecule has 0 bridgehead atoms. The molecule has 0 nitrogen and oxygen atoms in total. The molecule has 0 amide bonds. The van der Waals surface area contributed by atoms with Crippen LogP contribution >= 0.6 is 8.58 Å². The van der Waals surface area contributed by atoms with Crippen LogP contribution in [-0.2, 0) is 0 Å². The molecule has 0 saturated heterocycles. The van der Waals surface area contributed by atoms with Gasteiger partial charge < -0.3 is 0 Å². The van der Waals surface area contributed by atoms with Crippen LogP contribution in [0.2, 0.25) is 0 Å². The Hall–Kier alpha value is 0.430. The third kappa shape index (κ3) is 5.68. The summed E-state index contributed by atoms with van der Waals surface area (Å²) in [7, 11) is 1.15. The summed E-state index contributed by atoms with van der Waals surface area (Å²) in [6.45, 7) is 9.37. The maximum atomic E-state index is 2.36. The summed E-state index contributed by atoms with van der Waals surface area (Å²) >= 11 is 0. The highest BCUT2D eigenvalue weighted by atomic mass is 31.1. The normalized spacial score (nSPS) is 16.6. The Labute approximate surface area is 86.7 Å². The number of unbranched alkanes of at least 4 members (excludes halogenated alkanes) is 1.